The molecule has 0 aromatic heterocycles. The van der Waals surface area contributed by atoms with E-state index in [0.717, 1.165) is 17.1 Å². The largest absolute Gasteiger partial charge is 0.310 e. The SMILES string of the molecule is C(=C\c1ccc(N(c2ccccc2)c2ccc3ccccc3c2)cc1)/c1ccc(-c2ccccc2)cc1. The first-order chi connectivity index (χ1) is 18.3. The Bertz CT molecular complexity index is 1630. The lowest BCUT2D eigenvalue weighted by Crippen LogP contribution is -2.09. The number of hydrogen-bond donors (Lipinski definition) is 0. The van der Waals surface area contributed by atoms with Crippen molar-refractivity contribution in [2.75, 3.05) is 4.90 Å². The lowest BCUT2D eigenvalue weighted by molar-refractivity contribution is 1.29. The number of benzene rings is 6. The minimum Gasteiger partial charge on any atom is -0.310 e. The molecule has 1 nitrogen and oxygen atoms in total. The molecule has 0 radical (unpaired) electrons. The van der Waals surface area contributed by atoms with E-state index in [1.807, 2.05) is 6.07 Å². The first kappa shape index (κ1) is 22.6. The van der Waals surface area contributed by atoms with Crippen molar-refractivity contribution in [3.63, 3.8) is 0 Å². The number of hydrogen-bond acceptors (Lipinski definition) is 1. The quantitative estimate of drug-likeness (QED) is 0.217. The molecule has 176 valence electrons. The van der Waals surface area contributed by atoms with Crippen LogP contribution in [0.1, 0.15) is 11.1 Å². The zero-order chi connectivity index (χ0) is 24.9. The molecule has 0 saturated heterocycles. The summed E-state index contributed by atoms with van der Waals surface area (Å²) in [6.45, 7) is 0. The van der Waals surface area contributed by atoms with Gasteiger partial charge in [0.25, 0.3) is 0 Å². The molecule has 0 spiro atoms. The summed E-state index contributed by atoms with van der Waals surface area (Å²) in [7, 11) is 0. The molecule has 0 N–H and O–H groups in total. The predicted molar refractivity (Wildman–Crippen MR) is 159 cm³/mol. The molecule has 0 fully saturated rings. The maximum atomic E-state index is 2.31. The summed E-state index contributed by atoms with van der Waals surface area (Å²) < 4.78 is 0. The van der Waals surface area contributed by atoms with E-state index in [9.17, 15) is 0 Å². The van der Waals surface area contributed by atoms with Gasteiger partial charge in [0.15, 0.2) is 0 Å². The molecule has 6 rings (SSSR count). The smallest absolute Gasteiger partial charge is 0.0468 e. The minimum absolute atomic E-state index is 1.13. The van der Waals surface area contributed by atoms with Gasteiger partial charge in [0.2, 0.25) is 0 Å². The molecule has 0 aliphatic rings. The monoisotopic (exact) mass is 473 g/mol. The molecule has 0 aliphatic carbocycles. The average Bonchev–Trinajstić information content (AvgIpc) is 2.98. The topological polar surface area (TPSA) is 3.24 Å². The first-order valence-corrected chi connectivity index (χ1v) is 12.6. The van der Waals surface area contributed by atoms with Crippen LogP contribution in [0.15, 0.2) is 152 Å². The number of para-hydroxylation sites is 1. The van der Waals surface area contributed by atoms with E-state index in [2.05, 4.69) is 163 Å². The van der Waals surface area contributed by atoms with E-state index < -0.39 is 0 Å². The van der Waals surface area contributed by atoms with Crippen LogP contribution < -0.4 is 4.90 Å². The summed E-state index contributed by atoms with van der Waals surface area (Å²) in [5.41, 5.74) is 8.24. The Labute approximate surface area is 218 Å². The van der Waals surface area contributed by atoms with Gasteiger partial charge in [-0.1, -0.05) is 127 Å². The van der Waals surface area contributed by atoms with Crippen LogP contribution in [0.5, 0.6) is 0 Å². The van der Waals surface area contributed by atoms with E-state index >= 15 is 0 Å². The van der Waals surface area contributed by atoms with Crippen LogP contribution in [0.3, 0.4) is 0 Å². The molecule has 6 aromatic carbocycles. The highest BCUT2D eigenvalue weighted by atomic mass is 15.1. The molecule has 0 aliphatic heterocycles. The third-order valence-electron chi connectivity index (χ3n) is 6.64. The van der Waals surface area contributed by atoms with E-state index in [0.29, 0.717) is 0 Å². The van der Waals surface area contributed by atoms with Crippen LogP contribution >= 0.6 is 0 Å². The zero-order valence-electron chi connectivity index (χ0n) is 20.5. The maximum absolute atomic E-state index is 2.31. The Morgan fingerprint density at radius 2 is 0.838 bits per heavy atom. The fourth-order valence-corrected chi connectivity index (χ4v) is 4.68. The van der Waals surface area contributed by atoms with Gasteiger partial charge in [0, 0.05) is 17.1 Å². The van der Waals surface area contributed by atoms with Gasteiger partial charge in [-0.15, -0.1) is 0 Å². The predicted octanol–water partition coefficient (Wildman–Crippen LogP) is 10.1. The number of rotatable bonds is 6. The van der Waals surface area contributed by atoms with Crippen molar-refractivity contribution in [1.82, 2.24) is 0 Å². The summed E-state index contributed by atoms with van der Waals surface area (Å²) in [5.74, 6) is 0. The van der Waals surface area contributed by atoms with Crippen molar-refractivity contribution in [1.29, 1.82) is 0 Å². The summed E-state index contributed by atoms with van der Waals surface area (Å²) in [5, 5.41) is 2.48. The van der Waals surface area contributed by atoms with Gasteiger partial charge in [-0.2, -0.15) is 0 Å². The Balaban J connectivity index is 1.26. The van der Waals surface area contributed by atoms with Crippen LogP contribution in [0, 0.1) is 0 Å². The second kappa shape index (κ2) is 10.4. The Morgan fingerprint density at radius 1 is 0.351 bits per heavy atom. The third kappa shape index (κ3) is 5.07. The molecule has 1 heteroatoms. The normalized spacial score (nSPS) is 11.1. The number of nitrogens with zero attached hydrogens (tertiary/aromatic N) is 1. The molecule has 0 atom stereocenters. The van der Waals surface area contributed by atoms with Gasteiger partial charge >= 0.3 is 0 Å². The highest BCUT2D eigenvalue weighted by molar-refractivity contribution is 5.89. The highest BCUT2D eigenvalue weighted by Gasteiger charge is 2.12. The molecule has 6 aromatic rings. The molecule has 0 amide bonds. The maximum Gasteiger partial charge on any atom is 0.0468 e. The van der Waals surface area contributed by atoms with Gasteiger partial charge in [-0.25, -0.2) is 0 Å². The van der Waals surface area contributed by atoms with Crippen molar-refractivity contribution in [3.8, 4) is 11.1 Å². The van der Waals surface area contributed by atoms with E-state index in [4.69, 9.17) is 0 Å². The van der Waals surface area contributed by atoms with E-state index in [-0.39, 0.29) is 0 Å². The molecule has 0 unspecified atom stereocenters. The second-order valence-corrected chi connectivity index (χ2v) is 9.12. The lowest BCUT2D eigenvalue weighted by Gasteiger charge is -2.26. The highest BCUT2D eigenvalue weighted by Crippen LogP contribution is 2.36. The Kier molecular flexibility index (Phi) is 6.34. The van der Waals surface area contributed by atoms with Gasteiger partial charge in [-0.3, -0.25) is 0 Å². The zero-order valence-corrected chi connectivity index (χ0v) is 20.5. The van der Waals surface area contributed by atoms with E-state index in [1.165, 1.54) is 33.0 Å². The lowest BCUT2D eigenvalue weighted by atomic mass is 10.0. The minimum atomic E-state index is 1.13. The molecule has 37 heavy (non-hydrogen) atoms. The molecular weight excluding hydrogens is 446 g/mol. The summed E-state index contributed by atoms with van der Waals surface area (Å²) >= 11 is 0. The third-order valence-corrected chi connectivity index (χ3v) is 6.64. The first-order valence-electron chi connectivity index (χ1n) is 12.6. The fourth-order valence-electron chi connectivity index (χ4n) is 4.68. The number of anilines is 3. The molecule has 0 bridgehead atoms. The summed E-state index contributed by atoms with van der Waals surface area (Å²) in [4.78, 5) is 2.31. The molecular formula is C36H27N. The second-order valence-electron chi connectivity index (χ2n) is 9.12. The fraction of sp³-hybridized carbons (Fsp3) is 0. The van der Waals surface area contributed by atoms with Crippen molar-refractivity contribution in [3.05, 3.63) is 163 Å². The standard InChI is InChI=1S/C36H27N/c1-3-9-30(10-4-1)32-21-17-28(18-22-32)15-16-29-19-24-35(25-20-29)37(34-13-5-2-6-14-34)36-26-23-31-11-7-8-12-33(31)27-36/h1-27H/b16-15+. The van der Waals surface area contributed by atoms with Gasteiger partial charge < -0.3 is 4.90 Å². The van der Waals surface area contributed by atoms with Crippen LogP contribution in [0.25, 0.3) is 34.1 Å². The van der Waals surface area contributed by atoms with Crippen LogP contribution in [-0.4, -0.2) is 0 Å². The van der Waals surface area contributed by atoms with Crippen molar-refractivity contribution in [2.45, 2.75) is 0 Å². The number of fused-ring (bicyclic) bond motifs is 1. The van der Waals surface area contributed by atoms with E-state index in [1.54, 1.807) is 0 Å². The van der Waals surface area contributed by atoms with Gasteiger partial charge in [0.05, 0.1) is 0 Å². The van der Waals surface area contributed by atoms with Crippen molar-refractivity contribution in [2.24, 2.45) is 0 Å². The Hall–Kier alpha value is -4.88. The molecule has 0 saturated carbocycles. The van der Waals surface area contributed by atoms with Crippen molar-refractivity contribution >= 4 is 40.0 Å². The van der Waals surface area contributed by atoms with Gasteiger partial charge in [0.1, 0.15) is 0 Å². The summed E-state index contributed by atoms with van der Waals surface area (Å²) in [6, 6.07) is 53.6. The Morgan fingerprint density at radius 3 is 1.51 bits per heavy atom. The summed E-state index contributed by atoms with van der Waals surface area (Å²) in [6.07, 6.45) is 4.34. The van der Waals surface area contributed by atoms with Crippen LogP contribution in [-0.2, 0) is 0 Å². The van der Waals surface area contributed by atoms with Crippen LogP contribution in [0.4, 0.5) is 17.1 Å². The average molecular weight is 474 g/mol. The van der Waals surface area contributed by atoms with Crippen molar-refractivity contribution < 1.29 is 0 Å². The van der Waals surface area contributed by atoms with Crippen LogP contribution in [0.2, 0.25) is 0 Å². The molecule has 0 heterocycles. The van der Waals surface area contributed by atoms with Gasteiger partial charge in [-0.05, 0) is 69.4 Å².